The first-order chi connectivity index (χ1) is 8.03. The summed E-state index contributed by atoms with van der Waals surface area (Å²) in [6.07, 6.45) is 0. The summed E-state index contributed by atoms with van der Waals surface area (Å²) in [5.41, 5.74) is 8.10. The molecule has 1 aromatic carbocycles. The summed E-state index contributed by atoms with van der Waals surface area (Å²) in [4.78, 5) is 0. The highest BCUT2D eigenvalue weighted by Crippen LogP contribution is 2.25. The summed E-state index contributed by atoms with van der Waals surface area (Å²) in [5.74, 6) is 0. The molecule has 0 aliphatic heterocycles. The molecule has 2 rings (SSSR count). The highest BCUT2D eigenvalue weighted by molar-refractivity contribution is 5.94. The van der Waals surface area contributed by atoms with Gasteiger partial charge in [0.15, 0.2) is 11.0 Å². The van der Waals surface area contributed by atoms with Gasteiger partial charge in [0.2, 0.25) is 0 Å². The van der Waals surface area contributed by atoms with Gasteiger partial charge in [-0.15, -0.1) is 0 Å². The Balaban J connectivity index is 2.25. The van der Waals surface area contributed by atoms with E-state index in [1.54, 1.807) is 13.2 Å². The smallest absolute Gasteiger partial charge is 0.160 e. The van der Waals surface area contributed by atoms with Crippen LogP contribution in [0, 0.1) is 0 Å². The van der Waals surface area contributed by atoms with E-state index in [4.69, 9.17) is 15.1 Å². The van der Waals surface area contributed by atoms with Gasteiger partial charge in [0.05, 0.1) is 17.0 Å². The van der Waals surface area contributed by atoms with Crippen molar-refractivity contribution in [1.82, 2.24) is 10.3 Å². The van der Waals surface area contributed by atoms with Gasteiger partial charge in [-0.25, -0.2) is 4.63 Å². The number of rotatable bonds is 4. The lowest BCUT2D eigenvalue weighted by molar-refractivity contribution is 0.0344. The predicted molar refractivity (Wildman–Crippen MR) is 65.8 cm³/mol. The SMILES string of the molecule is COC(C)(C)CNc1ccc(N)c2nonc12. The molecule has 6 nitrogen and oxygen atoms in total. The van der Waals surface area contributed by atoms with Gasteiger partial charge in [0.1, 0.15) is 0 Å². The number of benzene rings is 1. The van der Waals surface area contributed by atoms with Crippen LogP contribution in [0.3, 0.4) is 0 Å². The molecule has 0 atom stereocenters. The summed E-state index contributed by atoms with van der Waals surface area (Å²) >= 11 is 0. The molecule has 17 heavy (non-hydrogen) atoms. The molecular formula is C11H16N4O2. The zero-order valence-corrected chi connectivity index (χ0v) is 10.2. The molecule has 0 saturated heterocycles. The normalized spacial score (nSPS) is 11.9. The van der Waals surface area contributed by atoms with Crippen molar-refractivity contribution in [1.29, 1.82) is 0 Å². The first kappa shape index (κ1) is 11.7. The minimum Gasteiger partial charge on any atom is -0.397 e. The summed E-state index contributed by atoms with van der Waals surface area (Å²) < 4.78 is 10.0. The summed E-state index contributed by atoms with van der Waals surface area (Å²) in [7, 11) is 1.68. The number of aromatic nitrogens is 2. The van der Waals surface area contributed by atoms with Gasteiger partial charge < -0.3 is 15.8 Å². The number of hydrogen-bond donors (Lipinski definition) is 2. The Morgan fingerprint density at radius 1 is 1.35 bits per heavy atom. The molecule has 0 aliphatic carbocycles. The average molecular weight is 236 g/mol. The highest BCUT2D eigenvalue weighted by atomic mass is 16.6. The third kappa shape index (κ3) is 2.31. The van der Waals surface area contributed by atoms with E-state index in [1.807, 2.05) is 19.9 Å². The van der Waals surface area contributed by atoms with Crippen molar-refractivity contribution in [3.8, 4) is 0 Å². The fourth-order valence-electron chi connectivity index (χ4n) is 1.41. The molecule has 2 aromatic rings. The van der Waals surface area contributed by atoms with E-state index in [0.717, 1.165) is 5.69 Å². The second-order valence-corrected chi connectivity index (χ2v) is 4.48. The van der Waals surface area contributed by atoms with Gasteiger partial charge in [-0.2, -0.15) is 0 Å². The Hall–Kier alpha value is -1.82. The molecule has 1 heterocycles. The minimum atomic E-state index is -0.259. The van der Waals surface area contributed by atoms with E-state index in [-0.39, 0.29) is 5.60 Å². The van der Waals surface area contributed by atoms with Crippen LogP contribution >= 0.6 is 0 Å². The highest BCUT2D eigenvalue weighted by Gasteiger charge is 2.17. The molecular weight excluding hydrogens is 220 g/mol. The lowest BCUT2D eigenvalue weighted by atomic mass is 10.1. The molecule has 0 saturated carbocycles. The number of anilines is 2. The summed E-state index contributed by atoms with van der Waals surface area (Å²) in [5, 5.41) is 10.8. The van der Waals surface area contributed by atoms with E-state index in [9.17, 15) is 0 Å². The Morgan fingerprint density at radius 2 is 2.06 bits per heavy atom. The van der Waals surface area contributed by atoms with Crippen molar-refractivity contribution >= 4 is 22.4 Å². The molecule has 6 heteroatoms. The Morgan fingerprint density at radius 3 is 2.76 bits per heavy atom. The lowest BCUT2D eigenvalue weighted by Gasteiger charge is -2.23. The maximum atomic E-state index is 5.76. The van der Waals surface area contributed by atoms with Crippen molar-refractivity contribution < 1.29 is 9.37 Å². The van der Waals surface area contributed by atoms with Crippen LogP contribution in [0.25, 0.3) is 11.0 Å². The number of ether oxygens (including phenoxy) is 1. The third-order valence-corrected chi connectivity index (χ3v) is 2.70. The summed E-state index contributed by atoms with van der Waals surface area (Å²) in [6.45, 7) is 4.64. The summed E-state index contributed by atoms with van der Waals surface area (Å²) in [6, 6.07) is 3.63. The van der Waals surface area contributed by atoms with Crippen LogP contribution in [0.4, 0.5) is 11.4 Å². The van der Waals surface area contributed by atoms with Gasteiger partial charge in [-0.1, -0.05) is 0 Å². The second-order valence-electron chi connectivity index (χ2n) is 4.48. The van der Waals surface area contributed by atoms with Crippen molar-refractivity contribution in [2.45, 2.75) is 19.4 Å². The molecule has 3 N–H and O–H groups in total. The monoisotopic (exact) mass is 236 g/mol. The number of nitrogens with one attached hydrogen (secondary N) is 1. The standard InChI is InChI=1S/C11H16N4O2/c1-11(2,16-3)6-13-8-5-4-7(12)9-10(8)15-17-14-9/h4-5,13H,6,12H2,1-3H3. The van der Waals surface area contributed by atoms with E-state index >= 15 is 0 Å². The molecule has 0 aliphatic rings. The maximum absolute atomic E-state index is 5.76. The maximum Gasteiger partial charge on any atom is 0.160 e. The molecule has 0 spiro atoms. The Bertz CT molecular complexity index is 521. The van der Waals surface area contributed by atoms with Gasteiger partial charge in [-0.05, 0) is 36.3 Å². The minimum absolute atomic E-state index is 0.259. The van der Waals surface area contributed by atoms with Gasteiger partial charge in [0.25, 0.3) is 0 Å². The van der Waals surface area contributed by atoms with Gasteiger partial charge >= 0.3 is 0 Å². The van der Waals surface area contributed by atoms with Crippen molar-refractivity contribution in [3.63, 3.8) is 0 Å². The van der Waals surface area contributed by atoms with Crippen LogP contribution in [-0.4, -0.2) is 29.6 Å². The van der Waals surface area contributed by atoms with Crippen molar-refractivity contribution in [2.24, 2.45) is 0 Å². The lowest BCUT2D eigenvalue weighted by Crippen LogP contribution is -2.32. The van der Waals surface area contributed by atoms with Crippen LogP contribution in [-0.2, 0) is 4.74 Å². The average Bonchev–Trinajstić information content (AvgIpc) is 2.78. The van der Waals surface area contributed by atoms with Crippen LogP contribution in [0.2, 0.25) is 0 Å². The first-order valence-electron chi connectivity index (χ1n) is 5.33. The number of nitrogens with two attached hydrogens (primary N) is 1. The Kier molecular flexibility index (Phi) is 2.89. The van der Waals surface area contributed by atoms with E-state index in [1.165, 1.54) is 0 Å². The van der Waals surface area contributed by atoms with Crippen LogP contribution < -0.4 is 11.1 Å². The largest absolute Gasteiger partial charge is 0.397 e. The quantitative estimate of drug-likeness (QED) is 0.785. The molecule has 0 amide bonds. The first-order valence-corrected chi connectivity index (χ1v) is 5.33. The van der Waals surface area contributed by atoms with Crippen molar-refractivity contribution in [2.75, 3.05) is 24.7 Å². The van der Waals surface area contributed by atoms with Crippen molar-refractivity contribution in [3.05, 3.63) is 12.1 Å². The van der Waals surface area contributed by atoms with Gasteiger partial charge in [-0.3, -0.25) is 0 Å². The fourth-order valence-corrected chi connectivity index (χ4v) is 1.41. The third-order valence-electron chi connectivity index (χ3n) is 2.70. The number of methoxy groups -OCH3 is 1. The Labute approximate surface area is 99.1 Å². The number of hydrogen-bond acceptors (Lipinski definition) is 6. The van der Waals surface area contributed by atoms with E-state index < -0.39 is 0 Å². The van der Waals surface area contributed by atoms with Gasteiger partial charge in [0, 0.05) is 13.7 Å². The molecule has 0 unspecified atom stereocenters. The van der Waals surface area contributed by atoms with Crippen LogP contribution in [0.5, 0.6) is 0 Å². The zero-order valence-electron chi connectivity index (χ0n) is 10.2. The predicted octanol–water partition coefficient (Wildman–Crippen LogP) is 1.64. The molecule has 0 bridgehead atoms. The fraction of sp³-hybridized carbons (Fsp3) is 0.455. The number of nitrogen functional groups attached to an aromatic ring is 1. The van der Waals surface area contributed by atoms with E-state index in [0.29, 0.717) is 23.3 Å². The second kappa shape index (κ2) is 4.21. The number of fused-ring (bicyclic) bond motifs is 1. The molecule has 0 radical (unpaired) electrons. The molecule has 92 valence electrons. The van der Waals surface area contributed by atoms with E-state index in [2.05, 4.69) is 15.6 Å². The molecule has 1 aromatic heterocycles. The van der Waals surface area contributed by atoms with Crippen LogP contribution in [0.1, 0.15) is 13.8 Å². The zero-order chi connectivity index (χ0) is 12.5. The molecule has 0 fully saturated rings. The topological polar surface area (TPSA) is 86.2 Å². The number of nitrogens with zero attached hydrogens (tertiary/aromatic N) is 2. The van der Waals surface area contributed by atoms with Crippen LogP contribution in [0.15, 0.2) is 16.8 Å².